The monoisotopic (exact) mass is 400 g/mol. The van der Waals surface area contributed by atoms with Gasteiger partial charge < -0.3 is 14.8 Å². The zero-order valence-electron chi connectivity index (χ0n) is 15.8. The number of benzene rings is 1. The third-order valence-electron chi connectivity index (χ3n) is 5.04. The molecule has 0 aliphatic carbocycles. The summed E-state index contributed by atoms with van der Waals surface area (Å²) in [6, 6.07) is 6.36. The zero-order valence-corrected chi connectivity index (χ0v) is 16.6. The van der Waals surface area contributed by atoms with E-state index < -0.39 is 17.5 Å². The number of ketones is 1. The largest absolute Gasteiger partial charge is 0.486 e. The molecular weight excluding hydrogens is 380 g/mol. The number of hydrogen-bond acceptors (Lipinski definition) is 6. The van der Waals surface area contributed by atoms with Crippen LogP contribution in [0.2, 0.25) is 0 Å². The number of rotatable bonds is 4. The lowest BCUT2D eigenvalue weighted by atomic mass is 9.91. The Morgan fingerprint density at radius 1 is 1.18 bits per heavy atom. The van der Waals surface area contributed by atoms with Crippen LogP contribution in [-0.2, 0) is 10.3 Å². The summed E-state index contributed by atoms with van der Waals surface area (Å²) in [6.45, 7) is 6.01. The number of urea groups is 1. The number of fused-ring (bicyclic) bond motifs is 1. The molecular formula is C20H20N2O5S. The lowest BCUT2D eigenvalue weighted by Gasteiger charge is -2.25. The van der Waals surface area contributed by atoms with Gasteiger partial charge in [0.2, 0.25) is 0 Å². The van der Waals surface area contributed by atoms with Gasteiger partial charge in [-0.25, -0.2) is 4.79 Å². The van der Waals surface area contributed by atoms with E-state index in [1.807, 2.05) is 13.8 Å². The van der Waals surface area contributed by atoms with Crippen molar-refractivity contribution in [1.29, 1.82) is 0 Å². The summed E-state index contributed by atoms with van der Waals surface area (Å²) in [4.78, 5) is 41.1. The van der Waals surface area contributed by atoms with Crippen molar-refractivity contribution in [3.8, 4) is 11.5 Å². The highest BCUT2D eigenvalue weighted by molar-refractivity contribution is 7.12. The van der Waals surface area contributed by atoms with Gasteiger partial charge in [-0.15, -0.1) is 11.3 Å². The highest BCUT2D eigenvalue weighted by Crippen LogP contribution is 2.37. The van der Waals surface area contributed by atoms with Gasteiger partial charge in [0.05, 0.1) is 6.54 Å². The lowest BCUT2D eigenvalue weighted by molar-refractivity contribution is -0.130. The van der Waals surface area contributed by atoms with E-state index in [-0.39, 0.29) is 12.3 Å². The minimum Gasteiger partial charge on any atom is -0.486 e. The molecule has 7 nitrogen and oxygen atoms in total. The van der Waals surface area contributed by atoms with E-state index in [2.05, 4.69) is 5.32 Å². The van der Waals surface area contributed by atoms with Gasteiger partial charge in [-0.1, -0.05) is 6.07 Å². The van der Waals surface area contributed by atoms with Crippen LogP contribution in [0.4, 0.5) is 4.79 Å². The number of carbonyl (C=O) groups is 3. The second-order valence-electron chi connectivity index (χ2n) is 7.05. The highest BCUT2D eigenvalue weighted by atomic mass is 32.1. The number of amides is 3. The number of aryl methyl sites for hydroxylation is 2. The molecule has 3 amide bonds. The fraction of sp³-hybridized carbons (Fsp3) is 0.350. The maximum Gasteiger partial charge on any atom is 0.325 e. The highest BCUT2D eigenvalue weighted by Gasteiger charge is 2.49. The molecule has 2 aliphatic heterocycles. The van der Waals surface area contributed by atoms with Gasteiger partial charge in [0.25, 0.3) is 5.91 Å². The molecule has 1 saturated heterocycles. The van der Waals surface area contributed by atoms with Crippen LogP contribution in [0.5, 0.6) is 11.5 Å². The van der Waals surface area contributed by atoms with E-state index in [1.165, 1.54) is 11.3 Å². The summed E-state index contributed by atoms with van der Waals surface area (Å²) in [5, 5.41) is 2.72. The van der Waals surface area contributed by atoms with Crippen molar-refractivity contribution in [2.24, 2.45) is 0 Å². The van der Waals surface area contributed by atoms with Crippen molar-refractivity contribution in [2.75, 3.05) is 19.8 Å². The van der Waals surface area contributed by atoms with Crippen molar-refractivity contribution in [3.63, 3.8) is 0 Å². The molecule has 0 radical (unpaired) electrons. The predicted octanol–water partition coefficient (Wildman–Crippen LogP) is 2.79. The number of nitrogens with one attached hydrogen (secondary N) is 1. The average Bonchev–Trinajstić information content (AvgIpc) is 3.12. The van der Waals surface area contributed by atoms with Gasteiger partial charge in [0.1, 0.15) is 18.8 Å². The Morgan fingerprint density at radius 2 is 1.89 bits per heavy atom. The van der Waals surface area contributed by atoms with Crippen molar-refractivity contribution in [1.82, 2.24) is 10.2 Å². The minimum absolute atomic E-state index is 0.253. The lowest BCUT2D eigenvalue weighted by Crippen LogP contribution is -2.41. The summed E-state index contributed by atoms with van der Waals surface area (Å²) < 4.78 is 11.1. The van der Waals surface area contributed by atoms with Crippen LogP contribution in [-0.4, -0.2) is 42.4 Å². The number of thiophene rings is 1. The van der Waals surface area contributed by atoms with Crippen LogP contribution in [0.3, 0.4) is 0 Å². The Hall–Kier alpha value is -2.87. The Labute approximate surface area is 166 Å². The molecule has 0 unspecified atom stereocenters. The second-order valence-corrected chi connectivity index (χ2v) is 8.52. The third-order valence-corrected chi connectivity index (χ3v) is 6.00. The molecule has 1 fully saturated rings. The maximum absolute atomic E-state index is 13.1. The second kappa shape index (κ2) is 6.63. The van der Waals surface area contributed by atoms with Gasteiger partial charge in [-0.3, -0.25) is 14.5 Å². The summed E-state index contributed by atoms with van der Waals surface area (Å²) in [5.74, 6) is 0.417. The molecule has 2 aromatic rings. The quantitative estimate of drug-likeness (QED) is 0.630. The zero-order chi connectivity index (χ0) is 20.1. The Kier molecular flexibility index (Phi) is 4.38. The molecule has 2 aliphatic rings. The van der Waals surface area contributed by atoms with E-state index >= 15 is 0 Å². The smallest absolute Gasteiger partial charge is 0.325 e. The molecule has 146 valence electrons. The summed E-state index contributed by atoms with van der Waals surface area (Å²) >= 11 is 1.52. The molecule has 0 saturated carbocycles. The Morgan fingerprint density at radius 3 is 2.57 bits per heavy atom. The number of ether oxygens (including phenoxy) is 2. The fourth-order valence-corrected chi connectivity index (χ4v) is 4.47. The van der Waals surface area contributed by atoms with Crippen LogP contribution in [0.1, 0.15) is 32.6 Å². The number of carbonyl (C=O) groups excluding carboxylic acids is 3. The molecule has 4 rings (SSSR count). The molecule has 1 N–H and O–H groups in total. The molecule has 1 aromatic heterocycles. The van der Waals surface area contributed by atoms with E-state index in [4.69, 9.17) is 9.47 Å². The normalized spacial score (nSPS) is 21.0. The topological polar surface area (TPSA) is 84.9 Å². The standard InChI is InChI=1S/C20H20N2O5S/c1-11-8-14(12(2)28-11)15(23)10-22-18(24)20(3,21-19(22)25)13-4-5-16-17(9-13)27-7-6-26-16/h4-5,8-9H,6-7,10H2,1-3H3,(H,21,25)/t20-/m1/s1. The van der Waals surface area contributed by atoms with Crippen molar-refractivity contribution in [3.05, 3.63) is 45.1 Å². The molecule has 1 aromatic carbocycles. The van der Waals surface area contributed by atoms with Crippen LogP contribution >= 0.6 is 11.3 Å². The summed E-state index contributed by atoms with van der Waals surface area (Å²) in [6.07, 6.45) is 0. The van der Waals surface area contributed by atoms with Gasteiger partial charge in [0, 0.05) is 15.3 Å². The summed E-state index contributed by atoms with van der Waals surface area (Å²) in [5.41, 5.74) is -0.143. The molecule has 0 bridgehead atoms. The molecule has 1 atom stereocenters. The van der Waals surface area contributed by atoms with E-state index in [0.29, 0.717) is 35.8 Å². The van der Waals surface area contributed by atoms with Crippen LogP contribution < -0.4 is 14.8 Å². The molecule has 28 heavy (non-hydrogen) atoms. The Bertz CT molecular complexity index is 998. The summed E-state index contributed by atoms with van der Waals surface area (Å²) in [7, 11) is 0. The van der Waals surface area contributed by atoms with Gasteiger partial charge in [-0.2, -0.15) is 0 Å². The fourth-order valence-electron chi connectivity index (χ4n) is 3.53. The first-order valence-electron chi connectivity index (χ1n) is 8.94. The van der Waals surface area contributed by atoms with Crippen LogP contribution in [0.25, 0.3) is 0 Å². The van der Waals surface area contributed by atoms with Crippen LogP contribution in [0.15, 0.2) is 24.3 Å². The molecule has 3 heterocycles. The predicted molar refractivity (Wildman–Crippen MR) is 103 cm³/mol. The molecule has 8 heteroatoms. The van der Waals surface area contributed by atoms with E-state index in [1.54, 1.807) is 31.2 Å². The number of hydrogen-bond donors (Lipinski definition) is 1. The SMILES string of the molecule is Cc1cc(C(=O)CN2C(=O)N[C@](C)(c3ccc4c(c3)OCCO4)C2=O)c(C)s1. The maximum atomic E-state index is 13.1. The van der Waals surface area contributed by atoms with Crippen molar-refractivity contribution in [2.45, 2.75) is 26.3 Å². The third kappa shape index (κ3) is 2.93. The van der Waals surface area contributed by atoms with Gasteiger partial charge in [0.15, 0.2) is 17.3 Å². The van der Waals surface area contributed by atoms with Crippen molar-refractivity contribution >= 4 is 29.1 Å². The first kappa shape index (κ1) is 18.5. The first-order valence-corrected chi connectivity index (χ1v) is 9.76. The van der Waals surface area contributed by atoms with Gasteiger partial charge in [-0.05, 0) is 44.5 Å². The number of imide groups is 1. The number of nitrogens with zero attached hydrogens (tertiary/aromatic N) is 1. The Balaban J connectivity index is 1.59. The average molecular weight is 400 g/mol. The number of Topliss-reactive ketones (excluding diaryl/α,β-unsaturated/α-hetero) is 1. The van der Waals surface area contributed by atoms with Crippen molar-refractivity contribution < 1.29 is 23.9 Å². The minimum atomic E-state index is -1.27. The van der Waals surface area contributed by atoms with E-state index in [0.717, 1.165) is 14.7 Å². The molecule has 0 spiro atoms. The first-order chi connectivity index (χ1) is 13.3. The van der Waals surface area contributed by atoms with Crippen LogP contribution in [0, 0.1) is 13.8 Å². The van der Waals surface area contributed by atoms with E-state index in [9.17, 15) is 14.4 Å². The van der Waals surface area contributed by atoms with Gasteiger partial charge >= 0.3 is 6.03 Å².